The van der Waals surface area contributed by atoms with Crippen molar-refractivity contribution in [2.24, 2.45) is 0 Å². The number of ether oxygens (including phenoxy) is 2. The van der Waals surface area contributed by atoms with Crippen molar-refractivity contribution in [3.05, 3.63) is 0 Å². The molecule has 272 valence electrons. The molecule has 0 unspecified atom stereocenters. The summed E-state index contributed by atoms with van der Waals surface area (Å²) in [6.45, 7) is 4.15. The van der Waals surface area contributed by atoms with Gasteiger partial charge in [-0.25, -0.2) is 4.79 Å². The molecule has 0 saturated heterocycles. The van der Waals surface area contributed by atoms with Crippen LogP contribution in [0.15, 0.2) is 0 Å². The fraction of sp³-hybridized carbons (Fsp3) is 0.824. The first-order valence-corrected chi connectivity index (χ1v) is 17.5. The normalized spacial score (nSPS) is 11.5. The SMILES string of the molecule is CC(=O)CC[C@H](NC(=O)CCC(=O)NCCCOCCOCCCNC(=O)CCCCCCCCCCCCCCC(=O)O)C(=O)O. The summed E-state index contributed by atoms with van der Waals surface area (Å²) in [7, 11) is 0. The van der Waals surface area contributed by atoms with E-state index in [0.29, 0.717) is 52.4 Å². The molecule has 0 bridgehead atoms. The molecule has 0 aromatic rings. The molecule has 13 heteroatoms. The number of carbonyl (C=O) groups is 6. The number of hydrogen-bond acceptors (Lipinski definition) is 8. The lowest BCUT2D eigenvalue weighted by molar-refractivity contribution is -0.142. The van der Waals surface area contributed by atoms with Gasteiger partial charge in [0.05, 0.1) is 13.2 Å². The van der Waals surface area contributed by atoms with Crippen LogP contribution >= 0.6 is 0 Å². The van der Waals surface area contributed by atoms with Gasteiger partial charge in [0.1, 0.15) is 11.8 Å². The minimum atomic E-state index is -1.22. The van der Waals surface area contributed by atoms with E-state index in [1.165, 1.54) is 45.4 Å². The van der Waals surface area contributed by atoms with E-state index < -0.39 is 23.9 Å². The number of amides is 3. The Morgan fingerprint density at radius 2 is 0.936 bits per heavy atom. The van der Waals surface area contributed by atoms with Crippen LogP contribution in [0.4, 0.5) is 0 Å². The molecule has 47 heavy (non-hydrogen) atoms. The second kappa shape index (κ2) is 31.5. The van der Waals surface area contributed by atoms with Gasteiger partial charge in [-0.05, 0) is 39.0 Å². The number of carboxylic acid groups (broad SMARTS) is 2. The van der Waals surface area contributed by atoms with Gasteiger partial charge in [-0.15, -0.1) is 0 Å². The molecule has 0 rings (SSSR count). The van der Waals surface area contributed by atoms with Gasteiger partial charge in [-0.2, -0.15) is 0 Å². The number of unbranched alkanes of at least 4 members (excludes halogenated alkanes) is 11. The maximum atomic E-state index is 12.0. The fourth-order valence-electron chi connectivity index (χ4n) is 4.73. The highest BCUT2D eigenvalue weighted by molar-refractivity contribution is 5.87. The molecule has 0 aromatic carbocycles. The minimum absolute atomic E-state index is 0.0118. The number of Topliss-reactive ketones (excluding diaryl/α,β-unsaturated/α-hetero) is 1. The Kier molecular flexibility index (Phi) is 29.5. The monoisotopic (exact) mass is 671 g/mol. The van der Waals surface area contributed by atoms with Crippen LogP contribution < -0.4 is 16.0 Å². The van der Waals surface area contributed by atoms with Crippen LogP contribution in [0.5, 0.6) is 0 Å². The largest absolute Gasteiger partial charge is 0.481 e. The van der Waals surface area contributed by atoms with Gasteiger partial charge in [-0.3, -0.25) is 19.2 Å². The van der Waals surface area contributed by atoms with Crippen LogP contribution in [-0.4, -0.2) is 91.2 Å². The predicted molar refractivity (Wildman–Crippen MR) is 178 cm³/mol. The molecule has 0 heterocycles. The standard InChI is InChI=1S/C34H61N3O10/c1-28(38)18-19-29(34(44)45)37-32(41)21-20-31(40)36-23-15-25-47-27-26-46-24-14-22-35-30(39)16-12-10-8-6-4-2-3-5-7-9-11-13-17-33(42)43/h29H,2-27H2,1H3,(H,35,39)(H,36,40)(H,37,41)(H,42,43)(H,44,45)/t29-/m0/s1. The van der Waals surface area contributed by atoms with Gasteiger partial charge in [0.2, 0.25) is 17.7 Å². The fourth-order valence-corrected chi connectivity index (χ4v) is 4.73. The third-order valence-electron chi connectivity index (χ3n) is 7.49. The molecule has 0 radical (unpaired) electrons. The predicted octanol–water partition coefficient (Wildman–Crippen LogP) is 4.30. The maximum Gasteiger partial charge on any atom is 0.326 e. The molecule has 5 N–H and O–H groups in total. The molecule has 0 aliphatic heterocycles. The third kappa shape index (κ3) is 32.7. The van der Waals surface area contributed by atoms with Crippen molar-refractivity contribution in [3.8, 4) is 0 Å². The van der Waals surface area contributed by atoms with Gasteiger partial charge in [0.15, 0.2) is 0 Å². The quantitative estimate of drug-likeness (QED) is 0.0615. The zero-order valence-corrected chi connectivity index (χ0v) is 28.6. The molecule has 13 nitrogen and oxygen atoms in total. The van der Waals surface area contributed by atoms with Crippen molar-refractivity contribution >= 4 is 35.4 Å². The Morgan fingerprint density at radius 1 is 0.511 bits per heavy atom. The number of ketones is 1. The van der Waals surface area contributed by atoms with Crippen LogP contribution in [0.3, 0.4) is 0 Å². The van der Waals surface area contributed by atoms with E-state index in [2.05, 4.69) is 16.0 Å². The van der Waals surface area contributed by atoms with Gasteiger partial charge in [0.25, 0.3) is 0 Å². The van der Waals surface area contributed by atoms with Gasteiger partial charge in [-0.1, -0.05) is 64.2 Å². The first-order chi connectivity index (χ1) is 22.6. The first kappa shape index (κ1) is 43.9. The lowest BCUT2D eigenvalue weighted by Crippen LogP contribution is -2.41. The Morgan fingerprint density at radius 3 is 1.38 bits per heavy atom. The Bertz CT molecular complexity index is 884. The molecule has 0 fully saturated rings. The van der Waals surface area contributed by atoms with Gasteiger partial charge >= 0.3 is 11.9 Å². The van der Waals surface area contributed by atoms with E-state index >= 15 is 0 Å². The minimum Gasteiger partial charge on any atom is -0.481 e. The average Bonchev–Trinajstić information content (AvgIpc) is 3.02. The van der Waals surface area contributed by atoms with E-state index in [9.17, 15) is 28.8 Å². The first-order valence-electron chi connectivity index (χ1n) is 17.5. The van der Waals surface area contributed by atoms with Crippen molar-refractivity contribution in [1.29, 1.82) is 0 Å². The molecular weight excluding hydrogens is 610 g/mol. The van der Waals surface area contributed by atoms with E-state index in [1.807, 2.05) is 0 Å². The molecule has 0 saturated carbocycles. The van der Waals surface area contributed by atoms with E-state index in [-0.39, 0.29) is 49.7 Å². The summed E-state index contributed by atoms with van der Waals surface area (Å²) < 4.78 is 11.0. The highest BCUT2D eigenvalue weighted by atomic mass is 16.5. The molecule has 3 amide bonds. The zero-order valence-electron chi connectivity index (χ0n) is 28.6. The zero-order chi connectivity index (χ0) is 35.0. The summed E-state index contributed by atoms with van der Waals surface area (Å²) in [6.07, 6.45) is 15.5. The Hall–Kier alpha value is -3.06. The lowest BCUT2D eigenvalue weighted by Gasteiger charge is -2.13. The highest BCUT2D eigenvalue weighted by Gasteiger charge is 2.20. The third-order valence-corrected chi connectivity index (χ3v) is 7.49. The Labute approximate surface area is 280 Å². The number of carboxylic acids is 2. The molecule has 0 spiro atoms. The van der Waals surface area contributed by atoms with Gasteiger partial charge < -0.3 is 40.4 Å². The maximum absolute atomic E-state index is 12.0. The summed E-state index contributed by atoms with van der Waals surface area (Å²) >= 11 is 0. The Balaban J connectivity index is 3.44. The number of rotatable bonds is 34. The van der Waals surface area contributed by atoms with Crippen LogP contribution in [-0.2, 0) is 38.2 Å². The van der Waals surface area contributed by atoms with Crippen molar-refractivity contribution in [1.82, 2.24) is 16.0 Å². The van der Waals surface area contributed by atoms with Crippen molar-refractivity contribution in [2.45, 2.75) is 141 Å². The van der Waals surface area contributed by atoms with E-state index in [1.54, 1.807) is 0 Å². The number of aliphatic carboxylic acids is 2. The van der Waals surface area contributed by atoms with Crippen LogP contribution in [0.2, 0.25) is 0 Å². The van der Waals surface area contributed by atoms with E-state index in [4.69, 9.17) is 19.7 Å². The summed E-state index contributed by atoms with van der Waals surface area (Å²) in [5.41, 5.74) is 0. The average molecular weight is 672 g/mol. The molecular formula is C34H61N3O10. The number of carbonyl (C=O) groups excluding carboxylic acids is 4. The number of hydrogen-bond donors (Lipinski definition) is 5. The topological polar surface area (TPSA) is 197 Å². The summed E-state index contributed by atoms with van der Waals surface area (Å²) in [6, 6.07) is -1.15. The lowest BCUT2D eigenvalue weighted by atomic mass is 10.0. The van der Waals surface area contributed by atoms with Crippen molar-refractivity contribution < 1.29 is 48.5 Å². The summed E-state index contributed by atoms with van der Waals surface area (Å²) in [5.74, 6) is -2.86. The van der Waals surface area contributed by atoms with Crippen molar-refractivity contribution in [2.75, 3.05) is 39.5 Å². The number of nitrogens with one attached hydrogen (secondary N) is 3. The second-order valence-electron chi connectivity index (χ2n) is 12.0. The smallest absolute Gasteiger partial charge is 0.326 e. The van der Waals surface area contributed by atoms with Crippen LogP contribution in [0, 0.1) is 0 Å². The highest BCUT2D eigenvalue weighted by Crippen LogP contribution is 2.13. The molecule has 0 aliphatic carbocycles. The van der Waals surface area contributed by atoms with Crippen molar-refractivity contribution in [3.63, 3.8) is 0 Å². The summed E-state index contributed by atoms with van der Waals surface area (Å²) in [5, 5.41) is 25.7. The summed E-state index contributed by atoms with van der Waals surface area (Å²) in [4.78, 5) is 68.5. The second-order valence-corrected chi connectivity index (χ2v) is 12.0. The van der Waals surface area contributed by atoms with E-state index in [0.717, 1.165) is 44.9 Å². The van der Waals surface area contributed by atoms with Gasteiger partial charge in [0, 0.05) is 58.4 Å². The molecule has 0 aromatic heterocycles. The molecule has 0 aliphatic rings. The van der Waals surface area contributed by atoms with Crippen LogP contribution in [0.25, 0.3) is 0 Å². The molecule has 1 atom stereocenters. The van der Waals surface area contributed by atoms with Crippen LogP contribution in [0.1, 0.15) is 135 Å².